The second-order valence-corrected chi connectivity index (χ2v) is 6.47. The van der Waals surface area contributed by atoms with Crippen molar-refractivity contribution in [2.75, 3.05) is 11.9 Å². The van der Waals surface area contributed by atoms with Gasteiger partial charge in [0.15, 0.2) is 5.82 Å². The molecular weight excluding hydrogens is 350 g/mol. The molecule has 1 aromatic heterocycles. The lowest BCUT2D eigenvalue weighted by molar-refractivity contribution is 0.809. The minimum atomic E-state index is 0.311. The van der Waals surface area contributed by atoms with Crippen molar-refractivity contribution < 1.29 is 0 Å². The molecule has 3 nitrogen and oxygen atoms in total. The van der Waals surface area contributed by atoms with Gasteiger partial charge < -0.3 is 5.32 Å². The van der Waals surface area contributed by atoms with Crippen LogP contribution in [0.3, 0.4) is 0 Å². The van der Waals surface area contributed by atoms with Gasteiger partial charge >= 0.3 is 0 Å². The predicted octanol–water partition coefficient (Wildman–Crippen LogP) is 5.42. The average Bonchev–Trinajstić information content (AvgIpc) is 2.41. The summed E-state index contributed by atoms with van der Waals surface area (Å²) < 4.78 is 0.940. The van der Waals surface area contributed by atoms with Gasteiger partial charge in [-0.1, -0.05) is 25.4 Å². The molecule has 0 radical (unpaired) electrons. The van der Waals surface area contributed by atoms with E-state index in [1.165, 1.54) is 0 Å². The van der Waals surface area contributed by atoms with Gasteiger partial charge in [0.25, 0.3) is 0 Å². The van der Waals surface area contributed by atoms with Crippen molar-refractivity contribution in [3.05, 3.63) is 39.0 Å². The Balaban J connectivity index is 2.62. The molecule has 0 atom stereocenters. The van der Waals surface area contributed by atoms with Crippen LogP contribution < -0.4 is 5.32 Å². The Bertz CT molecular complexity index is 656. The summed E-state index contributed by atoms with van der Waals surface area (Å²) in [6.45, 7) is 9.14. The summed E-state index contributed by atoms with van der Waals surface area (Å²) in [6, 6.07) is 5.78. The molecule has 0 saturated heterocycles. The minimum absolute atomic E-state index is 0.311. The summed E-state index contributed by atoms with van der Waals surface area (Å²) in [7, 11) is 0. The molecule has 1 heterocycles. The number of nitrogens with zero attached hydrogens (tertiary/aromatic N) is 2. The van der Waals surface area contributed by atoms with Crippen LogP contribution >= 0.6 is 27.5 Å². The molecular formula is C16H19BrClN3. The first kappa shape index (κ1) is 16.2. The number of benzene rings is 1. The topological polar surface area (TPSA) is 37.8 Å². The van der Waals surface area contributed by atoms with Crippen LogP contribution in [0.4, 0.5) is 5.82 Å². The third-order valence-electron chi connectivity index (χ3n) is 3.20. The molecule has 1 N–H and O–H groups in total. The van der Waals surface area contributed by atoms with E-state index in [2.05, 4.69) is 47.0 Å². The highest BCUT2D eigenvalue weighted by Crippen LogP contribution is 2.32. The van der Waals surface area contributed by atoms with Crippen molar-refractivity contribution in [3.8, 4) is 11.4 Å². The molecule has 21 heavy (non-hydrogen) atoms. The van der Waals surface area contributed by atoms with Gasteiger partial charge in [0, 0.05) is 17.1 Å². The molecule has 0 aliphatic carbocycles. The maximum atomic E-state index is 6.03. The summed E-state index contributed by atoms with van der Waals surface area (Å²) in [5, 5.41) is 4.01. The number of halogens is 2. The van der Waals surface area contributed by atoms with Crippen LogP contribution in [0.15, 0.2) is 22.7 Å². The standard InChI is InChI=1S/C16H19BrClN3/c1-5-19-16-13(17)14(9(2)3)20-15(21-16)12-7-6-11(18)8-10(12)4/h6-9H,5H2,1-4H3,(H,19,20,21). The highest BCUT2D eigenvalue weighted by Gasteiger charge is 2.16. The van der Waals surface area contributed by atoms with Crippen molar-refractivity contribution in [1.29, 1.82) is 0 Å². The Morgan fingerprint density at radius 3 is 2.57 bits per heavy atom. The Kier molecular flexibility index (Phi) is 5.22. The predicted molar refractivity (Wildman–Crippen MR) is 93.2 cm³/mol. The van der Waals surface area contributed by atoms with E-state index >= 15 is 0 Å². The van der Waals surface area contributed by atoms with Crippen molar-refractivity contribution in [2.24, 2.45) is 0 Å². The quantitative estimate of drug-likeness (QED) is 0.782. The van der Waals surface area contributed by atoms with E-state index in [0.29, 0.717) is 5.92 Å². The minimum Gasteiger partial charge on any atom is -0.369 e. The van der Waals surface area contributed by atoms with Crippen LogP contribution in [0.5, 0.6) is 0 Å². The monoisotopic (exact) mass is 367 g/mol. The van der Waals surface area contributed by atoms with Crippen molar-refractivity contribution in [3.63, 3.8) is 0 Å². The van der Waals surface area contributed by atoms with E-state index in [-0.39, 0.29) is 0 Å². The van der Waals surface area contributed by atoms with Crippen molar-refractivity contribution >= 4 is 33.3 Å². The molecule has 0 amide bonds. The van der Waals surface area contributed by atoms with Gasteiger partial charge in [-0.15, -0.1) is 0 Å². The van der Waals surface area contributed by atoms with Gasteiger partial charge in [0.2, 0.25) is 0 Å². The first-order valence-corrected chi connectivity index (χ1v) is 8.19. The van der Waals surface area contributed by atoms with Gasteiger partial charge in [-0.3, -0.25) is 0 Å². The molecule has 2 rings (SSSR count). The van der Waals surface area contributed by atoms with E-state index in [1.54, 1.807) is 0 Å². The zero-order chi connectivity index (χ0) is 15.6. The highest BCUT2D eigenvalue weighted by atomic mass is 79.9. The fraction of sp³-hybridized carbons (Fsp3) is 0.375. The summed E-state index contributed by atoms with van der Waals surface area (Å²) in [5.41, 5.74) is 3.08. The third-order valence-corrected chi connectivity index (χ3v) is 4.21. The lowest BCUT2D eigenvalue weighted by atomic mass is 10.1. The summed E-state index contributed by atoms with van der Waals surface area (Å²) in [6.07, 6.45) is 0. The zero-order valence-electron chi connectivity index (χ0n) is 12.7. The maximum absolute atomic E-state index is 6.03. The van der Waals surface area contributed by atoms with Crippen LogP contribution in [0.25, 0.3) is 11.4 Å². The molecule has 0 spiro atoms. The second-order valence-electron chi connectivity index (χ2n) is 5.24. The fourth-order valence-electron chi connectivity index (χ4n) is 2.13. The van der Waals surface area contributed by atoms with Gasteiger partial charge in [0.05, 0.1) is 10.2 Å². The number of anilines is 1. The fourth-order valence-corrected chi connectivity index (χ4v) is 3.13. The van der Waals surface area contributed by atoms with Crippen LogP contribution in [0.1, 0.15) is 37.9 Å². The number of aryl methyl sites for hydroxylation is 1. The molecule has 5 heteroatoms. The Hall–Kier alpha value is -1.13. The Morgan fingerprint density at radius 1 is 1.29 bits per heavy atom. The molecule has 0 unspecified atom stereocenters. The number of hydrogen-bond donors (Lipinski definition) is 1. The molecule has 0 aliphatic heterocycles. The van der Waals surface area contributed by atoms with E-state index in [4.69, 9.17) is 16.6 Å². The van der Waals surface area contributed by atoms with Crippen molar-refractivity contribution in [2.45, 2.75) is 33.6 Å². The largest absolute Gasteiger partial charge is 0.369 e. The van der Waals surface area contributed by atoms with E-state index < -0.39 is 0 Å². The molecule has 2 aromatic rings. The summed E-state index contributed by atoms with van der Waals surface area (Å²) >= 11 is 9.64. The molecule has 112 valence electrons. The SMILES string of the molecule is CCNc1nc(-c2ccc(Cl)cc2C)nc(C(C)C)c1Br. The summed E-state index contributed by atoms with van der Waals surface area (Å²) in [4.78, 5) is 9.39. The lowest BCUT2D eigenvalue weighted by Gasteiger charge is -2.15. The summed E-state index contributed by atoms with van der Waals surface area (Å²) in [5.74, 6) is 1.87. The molecule has 0 aliphatic rings. The molecule has 1 aromatic carbocycles. The van der Waals surface area contributed by atoms with Crippen LogP contribution in [-0.4, -0.2) is 16.5 Å². The second kappa shape index (κ2) is 6.75. The van der Waals surface area contributed by atoms with Crippen LogP contribution in [0.2, 0.25) is 5.02 Å². The van der Waals surface area contributed by atoms with Crippen LogP contribution in [0, 0.1) is 6.92 Å². The van der Waals surface area contributed by atoms with Gasteiger partial charge in [-0.05, 0) is 59.5 Å². The Morgan fingerprint density at radius 2 is 2.00 bits per heavy atom. The number of rotatable bonds is 4. The van der Waals surface area contributed by atoms with E-state index in [9.17, 15) is 0 Å². The van der Waals surface area contributed by atoms with E-state index in [0.717, 1.165) is 44.5 Å². The molecule has 0 bridgehead atoms. The smallest absolute Gasteiger partial charge is 0.162 e. The number of hydrogen-bond acceptors (Lipinski definition) is 3. The maximum Gasteiger partial charge on any atom is 0.162 e. The lowest BCUT2D eigenvalue weighted by Crippen LogP contribution is -2.07. The van der Waals surface area contributed by atoms with Crippen LogP contribution in [-0.2, 0) is 0 Å². The normalized spacial score (nSPS) is 11.0. The molecule has 0 saturated carbocycles. The van der Waals surface area contributed by atoms with Gasteiger partial charge in [0.1, 0.15) is 5.82 Å². The van der Waals surface area contributed by atoms with E-state index in [1.807, 2.05) is 25.1 Å². The highest BCUT2D eigenvalue weighted by molar-refractivity contribution is 9.10. The first-order chi connectivity index (χ1) is 9.93. The molecule has 0 fully saturated rings. The van der Waals surface area contributed by atoms with Gasteiger partial charge in [-0.25, -0.2) is 9.97 Å². The average molecular weight is 369 g/mol. The van der Waals surface area contributed by atoms with Crippen molar-refractivity contribution in [1.82, 2.24) is 9.97 Å². The number of nitrogens with one attached hydrogen (secondary N) is 1. The number of aromatic nitrogens is 2. The third kappa shape index (κ3) is 3.55. The Labute approximate surface area is 139 Å². The zero-order valence-corrected chi connectivity index (χ0v) is 15.0. The van der Waals surface area contributed by atoms with Gasteiger partial charge in [-0.2, -0.15) is 0 Å². The first-order valence-electron chi connectivity index (χ1n) is 7.01.